The second kappa shape index (κ2) is 8.45. The highest BCUT2D eigenvalue weighted by atomic mass is 16.5. The van der Waals surface area contributed by atoms with Gasteiger partial charge in [0.25, 0.3) is 0 Å². The number of aryl methyl sites for hydroxylation is 2. The van der Waals surface area contributed by atoms with Crippen LogP contribution in [0.4, 0.5) is 0 Å². The standard InChI is InChI=1S/C9H16N2O2.C8H10/c1-6(2)8-9(13-4)10-5-7(11-8)12-3;1-7-4-3-5-8(2)6-7/h6,8H,5H2,1-4H3;3-6H,1-2H3. The molecule has 0 saturated heterocycles. The Hall–Kier alpha value is -1.84. The molecule has 0 fully saturated rings. The molecule has 4 heteroatoms. The quantitative estimate of drug-likeness (QED) is 0.795. The molecule has 1 unspecified atom stereocenters. The molecule has 1 aliphatic rings. The largest absolute Gasteiger partial charge is 0.483 e. The van der Waals surface area contributed by atoms with Crippen LogP contribution in [0.15, 0.2) is 34.3 Å². The molecule has 1 aliphatic heterocycles. The van der Waals surface area contributed by atoms with Crippen molar-refractivity contribution in [2.24, 2.45) is 15.9 Å². The van der Waals surface area contributed by atoms with Gasteiger partial charge in [0.05, 0.1) is 14.2 Å². The Morgan fingerprint density at radius 3 is 2.10 bits per heavy atom. The molecular formula is C17H26N2O2. The summed E-state index contributed by atoms with van der Waals surface area (Å²) < 4.78 is 10.2. The fraction of sp³-hybridized carbons (Fsp3) is 0.529. The Bertz CT molecular complexity index is 490. The lowest BCUT2D eigenvalue weighted by Crippen LogP contribution is -2.32. The minimum Gasteiger partial charge on any atom is -0.483 e. The van der Waals surface area contributed by atoms with Crippen molar-refractivity contribution in [2.75, 3.05) is 20.8 Å². The third kappa shape index (κ3) is 5.58. The van der Waals surface area contributed by atoms with Crippen molar-refractivity contribution in [3.8, 4) is 0 Å². The number of methoxy groups -OCH3 is 2. The first kappa shape index (κ1) is 17.2. The van der Waals surface area contributed by atoms with Gasteiger partial charge in [0, 0.05) is 0 Å². The van der Waals surface area contributed by atoms with E-state index in [0.29, 0.717) is 24.3 Å². The number of hydrogen-bond acceptors (Lipinski definition) is 4. The molecule has 0 N–H and O–H groups in total. The topological polar surface area (TPSA) is 43.2 Å². The zero-order valence-electron chi connectivity index (χ0n) is 13.9. The molecule has 1 heterocycles. The van der Waals surface area contributed by atoms with E-state index in [0.717, 1.165) is 0 Å². The molecule has 0 spiro atoms. The molecule has 0 aliphatic carbocycles. The summed E-state index contributed by atoms with van der Waals surface area (Å²) in [7, 11) is 3.24. The number of hydrogen-bond donors (Lipinski definition) is 0. The molecular weight excluding hydrogens is 264 g/mol. The average molecular weight is 290 g/mol. The van der Waals surface area contributed by atoms with Gasteiger partial charge in [-0.05, 0) is 19.8 Å². The van der Waals surface area contributed by atoms with Crippen LogP contribution in [0.1, 0.15) is 25.0 Å². The summed E-state index contributed by atoms with van der Waals surface area (Å²) in [6.45, 7) is 8.87. The van der Waals surface area contributed by atoms with Crippen molar-refractivity contribution in [3.63, 3.8) is 0 Å². The van der Waals surface area contributed by atoms with Crippen LogP contribution in [0.2, 0.25) is 0 Å². The van der Waals surface area contributed by atoms with Crippen molar-refractivity contribution in [3.05, 3.63) is 35.4 Å². The number of aliphatic imine (C=N–C) groups is 2. The third-order valence-corrected chi connectivity index (χ3v) is 3.16. The highest BCUT2D eigenvalue weighted by molar-refractivity contribution is 5.91. The van der Waals surface area contributed by atoms with Gasteiger partial charge in [-0.2, -0.15) is 0 Å². The van der Waals surface area contributed by atoms with Crippen LogP contribution in [-0.2, 0) is 9.47 Å². The van der Waals surface area contributed by atoms with Gasteiger partial charge in [-0.15, -0.1) is 0 Å². The average Bonchev–Trinajstić information content (AvgIpc) is 2.46. The van der Waals surface area contributed by atoms with Gasteiger partial charge < -0.3 is 9.47 Å². The first-order valence-corrected chi connectivity index (χ1v) is 7.20. The fourth-order valence-corrected chi connectivity index (χ4v) is 2.03. The molecule has 0 aromatic heterocycles. The van der Waals surface area contributed by atoms with Gasteiger partial charge in [0.15, 0.2) is 0 Å². The number of ether oxygens (including phenoxy) is 2. The van der Waals surface area contributed by atoms with Gasteiger partial charge in [0.1, 0.15) is 12.6 Å². The lowest BCUT2D eigenvalue weighted by atomic mass is 10.0. The predicted molar refractivity (Wildman–Crippen MR) is 88.3 cm³/mol. The first-order chi connectivity index (χ1) is 9.97. The molecule has 1 atom stereocenters. The van der Waals surface area contributed by atoms with E-state index < -0.39 is 0 Å². The van der Waals surface area contributed by atoms with Crippen LogP contribution in [-0.4, -0.2) is 38.6 Å². The van der Waals surface area contributed by atoms with Gasteiger partial charge >= 0.3 is 0 Å². The van der Waals surface area contributed by atoms with Crippen molar-refractivity contribution in [2.45, 2.75) is 33.7 Å². The fourth-order valence-electron chi connectivity index (χ4n) is 2.03. The van der Waals surface area contributed by atoms with Crippen LogP contribution < -0.4 is 0 Å². The minimum atomic E-state index is 0.00806. The van der Waals surface area contributed by atoms with Crippen molar-refractivity contribution in [1.29, 1.82) is 0 Å². The second-order valence-corrected chi connectivity index (χ2v) is 5.43. The number of benzene rings is 1. The third-order valence-electron chi connectivity index (χ3n) is 3.16. The Kier molecular flexibility index (Phi) is 6.92. The van der Waals surface area contributed by atoms with Crippen molar-refractivity contribution in [1.82, 2.24) is 0 Å². The smallest absolute Gasteiger partial charge is 0.209 e. The monoisotopic (exact) mass is 290 g/mol. The lowest BCUT2D eigenvalue weighted by Gasteiger charge is -2.22. The van der Waals surface area contributed by atoms with Crippen LogP contribution in [0.25, 0.3) is 0 Å². The SMILES string of the molecule is COC1=NC(C(C)C)C(OC)=NC1.Cc1cccc(C)c1. The minimum absolute atomic E-state index is 0.00806. The zero-order valence-corrected chi connectivity index (χ0v) is 13.9. The Morgan fingerprint density at radius 1 is 1.10 bits per heavy atom. The van der Waals surface area contributed by atoms with E-state index >= 15 is 0 Å². The van der Waals surface area contributed by atoms with Crippen molar-refractivity contribution < 1.29 is 9.47 Å². The normalized spacial score (nSPS) is 17.4. The highest BCUT2D eigenvalue weighted by Crippen LogP contribution is 2.13. The molecule has 0 bridgehead atoms. The molecule has 2 rings (SSSR count). The molecule has 0 amide bonds. The van der Waals surface area contributed by atoms with E-state index in [2.05, 4.69) is 61.9 Å². The predicted octanol–water partition coefficient (Wildman–Crippen LogP) is 3.42. The summed E-state index contributed by atoms with van der Waals surface area (Å²) in [4.78, 5) is 8.63. The molecule has 0 radical (unpaired) electrons. The maximum Gasteiger partial charge on any atom is 0.209 e. The summed E-state index contributed by atoms with van der Waals surface area (Å²) in [5.41, 5.74) is 2.68. The lowest BCUT2D eigenvalue weighted by molar-refractivity contribution is 0.344. The Morgan fingerprint density at radius 2 is 1.71 bits per heavy atom. The van der Waals surface area contributed by atoms with Crippen molar-refractivity contribution >= 4 is 11.8 Å². The van der Waals surface area contributed by atoms with Crippen LogP contribution in [0.3, 0.4) is 0 Å². The maximum absolute atomic E-state index is 5.15. The summed E-state index contributed by atoms with van der Waals surface area (Å²) in [5, 5.41) is 0. The van der Waals surface area contributed by atoms with Crippen LogP contribution in [0.5, 0.6) is 0 Å². The van der Waals surface area contributed by atoms with E-state index in [1.54, 1.807) is 14.2 Å². The first-order valence-electron chi connectivity index (χ1n) is 7.20. The van der Waals surface area contributed by atoms with E-state index in [-0.39, 0.29) is 6.04 Å². The maximum atomic E-state index is 5.15. The molecule has 116 valence electrons. The number of rotatable bonds is 1. The highest BCUT2D eigenvalue weighted by Gasteiger charge is 2.24. The molecule has 1 aromatic rings. The van der Waals surface area contributed by atoms with E-state index in [1.807, 2.05) is 0 Å². The van der Waals surface area contributed by atoms with Gasteiger partial charge in [-0.1, -0.05) is 49.2 Å². The second-order valence-electron chi connectivity index (χ2n) is 5.43. The molecule has 4 nitrogen and oxygen atoms in total. The number of nitrogens with zero attached hydrogens (tertiary/aromatic N) is 2. The summed E-state index contributed by atoms with van der Waals surface area (Å²) >= 11 is 0. The summed E-state index contributed by atoms with van der Waals surface area (Å²) in [5.74, 6) is 1.76. The van der Waals surface area contributed by atoms with E-state index in [4.69, 9.17) is 9.47 Å². The van der Waals surface area contributed by atoms with E-state index in [9.17, 15) is 0 Å². The van der Waals surface area contributed by atoms with Crippen LogP contribution in [0, 0.1) is 19.8 Å². The van der Waals surface area contributed by atoms with E-state index in [1.165, 1.54) is 11.1 Å². The summed E-state index contributed by atoms with van der Waals surface area (Å²) in [6.07, 6.45) is 0. The molecule has 0 saturated carbocycles. The van der Waals surface area contributed by atoms with Gasteiger partial charge in [-0.3, -0.25) is 0 Å². The molecule has 1 aromatic carbocycles. The summed E-state index contributed by atoms with van der Waals surface area (Å²) in [6, 6.07) is 8.46. The Labute approximate surface area is 127 Å². The zero-order chi connectivity index (χ0) is 15.8. The van der Waals surface area contributed by atoms with Crippen LogP contribution >= 0.6 is 0 Å². The van der Waals surface area contributed by atoms with Gasteiger partial charge in [-0.25, -0.2) is 9.98 Å². The Balaban J connectivity index is 0.000000235. The molecule has 21 heavy (non-hydrogen) atoms. The van der Waals surface area contributed by atoms with Gasteiger partial charge in [0.2, 0.25) is 11.8 Å².